The van der Waals surface area contributed by atoms with Gasteiger partial charge in [-0.3, -0.25) is 4.79 Å². The lowest BCUT2D eigenvalue weighted by Crippen LogP contribution is -2.19. The topological polar surface area (TPSA) is 50.1 Å². The summed E-state index contributed by atoms with van der Waals surface area (Å²) in [6, 6.07) is 4.74. The highest BCUT2D eigenvalue weighted by atomic mass is 35.5. The van der Waals surface area contributed by atoms with Crippen molar-refractivity contribution in [1.29, 1.82) is 5.26 Å². The van der Waals surface area contributed by atoms with Crippen LogP contribution in [0.25, 0.3) is 0 Å². The Hall–Kier alpha value is -1.74. The molecule has 0 amide bonds. The first-order chi connectivity index (χ1) is 7.87. The Bertz CT molecular complexity index is 479. The number of nitrogens with zero attached hydrogens (tertiary/aromatic N) is 1. The summed E-state index contributed by atoms with van der Waals surface area (Å²) in [5.41, 5.74) is -0.315. The molecule has 1 aromatic rings. The second-order valence-corrected chi connectivity index (χ2v) is 3.19. The van der Waals surface area contributed by atoms with Crippen molar-refractivity contribution >= 4 is 17.4 Å². The first kappa shape index (κ1) is 13.3. The van der Waals surface area contributed by atoms with Gasteiger partial charge in [-0.25, -0.2) is 0 Å². The number of ketones is 1. The Morgan fingerprint density at radius 1 is 1.47 bits per heavy atom. The average molecular weight is 264 g/mol. The minimum Gasteiger partial charge on any atom is -0.405 e. The van der Waals surface area contributed by atoms with Gasteiger partial charge in [0.25, 0.3) is 0 Å². The van der Waals surface area contributed by atoms with Crippen LogP contribution in [-0.4, -0.2) is 18.0 Å². The van der Waals surface area contributed by atoms with Crippen LogP contribution in [0.2, 0.25) is 0 Å². The van der Waals surface area contributed by atoms with E-state index in [1.165, 1.54) is 0 Å². The molecule has 0 aliphatic carbocycles. The van der Waals surface area contributed by atoms with E-state index < -0.39 is 23.8 Å². The summed E-state index contributed by atoms with van der Waals surface area (Å²) in [5, 5.41) is 8.58. The van der Waals surface area contributed by atoms with Gasteiger partial charge in [-0.05, 0) is 18.2 Å². The molecule has 0 fully saturated rings. The minimum absolute atomic E-state index is 0.0491. The zero-order valence-electron chi connectivity index (χ0n) is 8.21. The molecule has 0 radical (unpaired) electrons. The van der Waals surface area contributed by atoms with Crippen LogP contribution in [0.4, 0.5) is 13.2 Å². The summed E-state index contributed by atoms with van der Waals surface area (Å²) >= 11 is 5.26. The number of hydrogen-bond donors (Lipinski definition) is 0. The number of Topliss-reactive ketones (excluding diaryl/α,β-unsaturated/α-hetero) is 1. The molecule has 0 aromatic heterocycles. The number of halogens is 4. The summed E-state index contributed by atoms with van der Waals surface area (Å²) in [4.78, 5) is 11.3. The second-order valence-electron chi connectivity index (χ2n) is 2.93. The van der Waals surface area contributed by atoms with E-state index in [-0.39, 0.29) is 11.1 Å². The molecule has 0 aliphatic rings. The van der Waals surface area contributed by atoms with Gasteiger partial charge in [0.05, 0.1) is 23.1 Å². The molecule has 7 heteroatoms. The van der Waals surface area contributed by atoms with Gasteiger partial charge in [-0.15, -0.1) is 24.8 Å². The molecular formula is C10H5ClF3NO2. The number of hydrogen-bond acceptors (Lipinski definition) is 3. The smallest absolute Gasteiger partial charge is 0.405 e. The zero-order valence-corrected chi connectivity index (χ0v) is 8.97. The van der Waals surface area contributed by atoms with Crippen LogP contribution in [0, 0.1) is 11.3 Å². The van der Waals surface area contributed by atoms with E-state index in [0.29, 0.717) is 0 Å². The highest BCUT2D eigenvalue weighted by Crippen LogP contribution is 2.27. The molecule has 1 aromatic carbocycles. The van der Waals surface area contributed by atoms with Crippen molar-refractivity contribution in [2.45, 2.75) is 6.36 Å². The molecule has 0 aliphatic heterocycles. The van der Waals surface area contributed by atoms with E-state index in [1.807, 2.05) is 0 Å². The average Bonchev–Trinajstić information content (AvgIpc) is 2.26. The first-order valence-electron chi connectivity index (χ1n) is 4.26. The number of ether oxygens (including phenoxy) is 1. The standard InChI is InChI=1S/C10H5ClF3NO2/c11-4-8(16)7-3-6(5-15)1-2-9(7)17-10(12,13)14/h1-3H,4H2. The van der Waals surface area contributed by atoms with Crippen molar-refractivity contribution in [1.82, 2.24) is 0 Å². The Morgan fingerprint density at radius 3 is 2.59 bits per heavy atom. The molecule has 0 N–H and O–H groups in total. The molecule has 0 bridgehead atoms. The monoisotopic (exact) mass is 263 g/mol. The van der Waals surface area contributed by atoms with Crippen molar-refractivity contribution in [3.05, 3.63) is 29.3 Å². The maximum atomic E-state index is 12.0. The predicted molar refractivity (Wildman–Crippen MR) is 52.9 cm³/mol. The van der Waals surface area contributed by atoms with E-state index in [2.05, 4.69) is 4.74 Å². The Morgan fingerprint density at radius 2 is 2.12 bits per heavy atom. The van der Waals surface area contributed by atoms with Gasteiger partial charge in [0, 0.05) is 0 Å². The fourth-order valence-corrected chi connectivity index (χ4v) is 1.25. The molecule has 1 rings (SSSR count). The van der Waals surface area contributed by atoms with Crippen molar-refractivity contribution in [2.24, 2.45) is 0 Å². The van der Waals surface area contributed by atoms with Gasteiger partial charge >= 0.3 is 6.36 Å². The summed E-state index contributed by atoms with van der Waals surface area (Å²) in [6.45, 7) is 0. The van der Waals surface area contributed by atoms with E-state index in [1.54, 1.807) is 6.07 Å². The quantitative estimate of drug-likeness (QED) is 0.622. The molecule has 0 spiro atoms. The molecule has 0 saturated heterocycles. The van der Waals surface area contributed by atoms with Crippen molar-refractivity contribution in [2.75, 3.05) is 5.88 Å². The number of rotatable bonds is 3. The molecular weight excluding hydrogens is 259 g/mol. The normalized spacial score (nSPS) is 10.8. The lowest BCUT2D eigenvalue weighted by molar-refractivity contribution is -0.274. The Kier molecular flexibility index (Phi) is 3.97. The number of carbonyl (C=O) groups is 1. The highest BCUT2D eigenvalue weighted by molar-refractivity contribution is 6.30. The van der Waals surface area contributed by atoms with Gasteiger partial charge in [0.15, 0.2) is 5.78 Å². The van der Waals surface area contributed by atoms with E-state index in [0.717, 1.165) is 18.2 Å². The number of carbonyl (C=O) groups excluding carboxylic acids is 1. The zero-order chi connectivity index (χ0) is 13.1. The SMILES string of the molecule is N#Cc1ccc(OC(F)(F)F)c(C(=O)CCl)c1. The van der Waals surface area contributed by atoms with Crippen molar-refractivity contribution in [3.8, 4) is 11.8 Å². The number of nitriles is 1. The second kappa shape index (κ2) is 5.06. The van der Waals surface area contributed by atoms with Crippen LogP contribution >= 0.6 is 11.6 Å². The third-order valence-electron chi connectivity index (χ3n) is 1.76. The maximum Gasteiger partial charge on any atom is 0.573 e. The van der Waals surface area contributed by atoms with Gasteiger partial charge in [-0.1, -0.05) is 0 Å². The first-order valence-corrected chi connectivity index (χ1v) is 4.80. The molecule has 3 nitrogen and oxygen atoms in total. The van der Waals surface area contributed by atoms with Crippen molar-refractivity contribution in [3.63, 3.8) is 0 Å². The van der Waals surface area contributed by atoms with Crippen molar-refractivity contribution < 1.29 is 22.7 Å². The van der Waals surface area contributed by atoms with Gasteiger partial charge in [0.1, 0.15) is 5.75 Å². The predicted octanol–water partition coefficient (Wildman–Crippen LogP) is 2.88. The summed E-state index contributed by atoms with van der Waals surface area (Å²) < 4.78 is 39.8. The lowest BCUT2D eigenvalue weighted by Gasteiger charge is -2.12. The highest BCUT2D eigenvalue weighted by Gasteiger charge is 2.32. The van der Waals surface area contributed by atoms with Crippen LogP contribution in [0.3, 0.4) is 0 Å². The molecule has 17 heavy (non-hydrogen) atoms. The fraction of sp³-hybridized carbons (Fsp3) is 0.200. The lowest BCUT2D eigenvalue weighted by atomic mass is 10.1. The summed E-state index contributed by atoms with van der Waals surface area (Å²) in [6.07, 6.45) is -4.91. The minimum atomic E-state index is -4.91. The van der Waals surface area contributed by atoms with Gasteiger partial charge in [0.2, 0.25) is 0 Å². The van der Waals surface area contributed by atoms with E-state index >= 15 is 0 Å². The molecule has 90 valence electrons. The maximum absolute atomic E-state index is 12.0. The van der Waals surface area contributed by atoms with Crippen LogP contribution in [0.5, 0.6) is 5.75 Å². The molecule has 0 heterocycles. The summed E-state index contributed by atoms with van der Waals surface area (Å²) in [5.74, 6) is -1.91. The van der Waals surface area contributed by atoms with Crippen LogP contribution in [0.1, 0.15) is 15.9 Å². The number of benzene rings is 1. The Balaban J connectivity index is 3.21. The Labute approximate surface area is 99.4 Å². The fourth-order valence-electron chi connectivity index (χ4n) is 1.10. The van der Waals surface area contributed by atoms with Gasteiger partial charge < -0.3 is 4.74 Å². The van der Waals surface area contributed by atoms with Crippen LogP contribution in [-0.2, 0) is 0 Å². The number of alkyl halides is 4. The summed E-state index contributed by atoms with van der Waals surface area (Å²) in [7, 11) is 0. The third-order valence-corrected chi connectivity index (χ3v) is 2.00. The van der Waals surface area contributed by atoms with E-state index in [9.17, 15) is 18.0 Å². The molecule has 0 unspecified atom stereocenters. The third kappa shape index (κ3) is 3.64. The molecule has 0 atom stereocenters. The van der Waals surface area contributed by atoms with Gasteiger partial charge in [-0.2, -0.15) is 5.26 Å². The molecule has 0 saturated carbocycles. The van der Waals surface area contributed by atoms with E-state index in [4.69, 9.17) is 16.9 Å². The van der Waals surface area contributed by atoms with Crippen LogP contribution < -0.4 is 4.74 Å². The largest absolute Gasteiger partial charge is 0.573 e. The van der Waals surface area contributed by atoms with Crippen LogP contribution in [0.15, 0.2) is 18.2 Å².